The number of aromatic nitrogens is 2. The standard InChI is InChI=1S/C21H21N9O5S3/c1-28-6-7-29-12(28)4-3-11(25-29)36-8-5-10-9-37-19-14(18(32)30(19)15(10)20(33)34)23-17(31)13(26-35-2)16-24-21(22)38-27-16/h3-8,14,19,25H,9H2,1-2H3,(H,23,31)(H,33,34)(H2,22,24,27)/b8-5+,26-13-/t14-,19+/m1/s1. The Morgan fingerprint density at radius 1 is 1.39 bits per heavy atom. The Balaban J connectivity index is 1.27. The largest absolute Gasteiger partial charge is 0.477 e. The number of carbonyl (C=O) groups is 3. The van der Waals surface area contributed by atoms with E-state index in [4.69, 9.17) is 10.6 Å². The summed E-state index contributed by atoms with van der Waals surface area (Å²) in [5.41, 5.74) is 8.96. The normalized spacial score (nSPS) is 22.5. The second-order valence-corrected chi connectivity index (χ2v) is 10.8. The highest BCUT2D eigenvalue weighted by molar-refractivity contribution is 8.05. The lowest BCUT2D eigenvalue weighted by Gasteiger charge is -2.49. The summed E-state index contributed by atoms with van der Waals surface area (Å²) in [7, 11) is 3.20. The molecule has 38 heavy (non-hydrogen) atoms. The molecule has 0 aromatic carbocycles. The number of carbonyl (C=O) groups excluding carboxylic acids is 2. The molecule has 17 heteroatoms. The Labute approximate surface area is 228 Å². The lowest BCUT2D eigenvalue weighted by Crippen LogP contribution is -2.71. The van der Waals surface area contributed by atoms with E-state index in [1.165, 1.54) is 35.5 Å². The molecule has 0 bridgehead atoms. The van der Waals surface area contributed by atoms with Gasteiger partial charge in [0.15, 0.2) is 5.13 Å². The van der Waals surface area contributed by atoms with Crippen molar-refractivity contribution in [3.05, 3.63) is 64.0 Å². The van der Waals surface area contributed by atoms with E-state index in [-0.39, 0.29) is 22.4 Å². The number of fused-ring (bicyclic) bond motifs is 2. The summed E-state index contributed by atoms with van der Waals surface area (Å²) in [5, 5.41) is 20.2. The summed E-state index contributed by atoms with van der Waals surface area (Å²) in [6, 6.07) is -0.955. The van der Waals surface area contributed by atoms with Crippen LogP contribution in [0.15, 0.2) is 63.3 Å². The van der Waals surface area contributed by atoms with Crippen LogP contribution in [0.3, 0.4) is 0 Å². The first-order valence-corrected chi connectivity index (χ1v) is 13.6. The molecular weight excluding hydrogens is 554 g/mol. The van der Waals surface area contributed by atoms with Gasteiger partial charge in [0.1, 0.15) is 30.0 Å². The molecule has 4 aliphatic heterocycles. The average Bonchev–Trinajstić information content (AvgIpc) is 3.50. The van der Waals surface area contributed by atoms with Gasteiger partial charge < -0.3 is 25.9 Å². The van der Waals surface area contributed by atoms with Crippen LogP contribution in [0.2, 0.25) is 0 Å². The van der Waals surface area contributed by atoms with E-state index >= 15 is 0 Å². The van der Waals surface area contributed by atoms with Crippen LogP contribution in [0.1, 0.15) is 5.82 Å². The second-order valence-electron chi connectivity index (χ2n) is 7.99. The number of nitrogens with zero attached hydrogens (tertiary/aromatic N) is 6. The summed E-state index contributed by atoms with van der Waals surface area (Å²) in [4.78, 5) is 49.8. The summed E-state index contributed by atoms with van der Waals surface area (Å²) in [5.74, 6) is -1.24. The number of hydrogen-bond acceptors (Lipinski definition) is 14. The number of β-lactam (4-membered cyclic amide) rings is 1. The Kier molecular flexibility index (Phi) is 7.04. The third kappa shape index (κ3) is 4.70. The maximum Gasteiger partial charge on any atom is 0.352 e. The van der Waals surface area contributed by atoms with E-state index in [0.29, 0.717) is 11.3 Å². The van der Waals surface area contributed by atoms with Crippen LogP contribution in [0.5, 0.6) is 0 Å². The van der Waals surface area contributed by atoms with E-state index in [1.807, 2.05) is 41.5 Å². The number of hydrazine groups is 1. The quantitative estimate of drug-likeness (QED) is 0.190. The summed E-state index contributed by atoms with van der Waals surface area (Å²) < 4.78 is 3.95. The van der Waals surface area contributed by atoms with E-state index in [1.54, 1.807) is 11.5 Å². The Morgan fingerprint density at radius 2 is 2.21 bits per heavy atom. The number of oxime groups is 1. The highest BCUT2D eigenvalue weighted by Crippen LogP contribution is 2.41. The van der Waals surface area contributed by atoms with Crippen LogP contribution in [-0.2, 0) is 19.2 Å². The number of carboxylic acids is 1. The van der Waals surface area contributed by atoms with Gasteiger partial charge in [-0.1, -0.05) is 16.9 Å². The van der Waals surface area contributed by atoms with E-state index in [0.717, 1.165) is 22.4 Å². The molecule has 14 nitrogen and oxygen atoms in total. The Bertz CT molecular complexity index is 1380. The molecule has 0 spiro atoms. The molecule has 0 unspecified atom stereocenters. The van der Waals surface area contributed by atoms with Gasteiger partial charge in [-0.15, -0.1) is 11.8 Å². The van der Waals surface area contributed by atoms with E-state index < -0.39 is 29.2 Å². The molecule has 1 fully saturated rings. The molecule has 1 aromatic heterocycles. The number of aliphatic carboxylic acids is 1. The molecule has 5 heterocycles. The van der Waals surface area contributed by atoms with Crippen molar-refractivity contribution < 1.29 is 24.3 Å². The molecule has 2 amide bonds. The summed E-state index contributed by atoms with van der Waals surface area (Å²) in [6.07, 6.45) is 9.39. The molecule has 5 N–H and O–H groups in total. The average molecular weight is 576 g/mol. The minimum absolute atomic E-state index is 0.0371. The summed E-state index contributed by atoms with van der Waals surface area (Å²) >= 11 is 3.61. The third-order valence-electron chi connectivity index (χ3n) is 5.66. The van der Waals surface area contributed by atoms with Crippen LogP contribution < -0.4 is 16.5 Å². The molecule has 1 aromatic rings. The number of carboxylic acid groups (broad SMARTS) is 1. The lowest BCUT2D eigenvalue weighted by molar-refractivity contribution is -0.150. The molecule has 4 aliphatic rings. The zero-order chi connectivity index (χ0) is 27.0. The second kappa shape index (κ2) is 10.4. The molecule has 0 saturated carbocycles. The van der Waals surface area contributed by atoms with Crippen molar-refractivity contribution in [2.24, 2.45) is 5.16 Å². The maximum absolute atomic E-state index is 13.0. The van der Waals surface area contributed by atoms with Crippen LogP contribution in [-0.4, -0.2) is 84.1 Å². The van der Waals surface area contributed by atoms with Crippen molar-refractivity contribution in [1.82, 2.24) is 34.9 Å². The molecule has 2 atom stereocenters. The fraction of sp³-hybridized carbons (Fsp3) is 0.238. The van der Waals surface area contributed by atoms with Gasteiger partial charge in [-0.05, 0) is 29.2 Å². The highest BCUT2D eigenvalue weighted by Gasteiger charge is 2.54. The van der Waals surface area contributed by atoms with Gasteiger partial charge in [0, 0.05) is 36.7 Å². The fourth-order valence-electron chi connectivity index (χ4n) is 3.93. The number of nitrogens with one attached hydrogen (secondary N) is 2. The number of nitrogen functional groups attached to an aromatic ring is 1. The van der Waals surface area contributed by atoms with Crippen molar-refractivity contribution in [3.8, 4) is 0 Å². The van der Waals surface area contributed by atoms with Crippen molar-refractivity contribution in [2.45, 2.75) is 11.4 Å². The van der Waals surface area contributed by atoms with Crippen molar-refractivity contribution in [2.75, 3.05) is 25.6 Å². The van der Waals surface area contributed by atoms with Crippen LogP contribution in [0.25, 0.3) is 0 Å². The van der Waals surface area contributed by atoms with Crippen molar-refractivity contribution in [1.29, 1.82) is 0 Å². The van der Waals surface area contributed by atoms with E-state index in [2.05, 4.69) is 25.3 Å². The van der Waals surface area contributed by atoms with Crippen LogP contribution >= 0.6 is 35.1 Å². The molecule has 0 radical (unpaired) electrons. The number of thioether (sulfide) groups is 2. The van der Waals surface area contributed by atoms with Crippen LogP contribution in [0.4, 0.5) is 5.13 Å². The number of anilines is 1. The first-order chi connectivity index (χ1) is 18.3. The minimum Gasteiger partial charge on any atom is -0.477 e. The number of allylic oxidation sites excluding steroid dienone is 3. The molecule has 198 valence electrons. The topological polar surface area (TPSA) is 179 Å². The summed E-state index contributed by atoms with van der Waals surface area (Å²) in [6.45, 7) is 0. The fourth-order valence-corrected chi connectivity index (χ4v) is 6.36. The lowest BCUT2D eigenvalue weighted by atomic mass is 10.0. The maximum atomic E-state index is 13.0. The van der Waals surface area contributed by atoms with Gasteiger partial charge in [-0.2, -0.15) is 9.36 Å². The smallest absolute Gasteiger partial charge is 0.352 e. The van der Waals surface area contributed by atoms with E-state index in [9.17, 15) is 19.5 Å². The van der Waals surface area contributed by atoms with Crippen molar-refractivity contribution in [3.63, 3.8) is 0 Å². The number of amides is 2. The molecule has 1 saturated heterocycles. The van der Waals surface area contributed by atoms with Gasteiger partial charge in [0.05, 0.1) is 5.03 Å². The van der Waals surface area contributed by atoms with Gasteiger partial charge >= 0.3 is 5.97 Å². The SMILES string of the molecule is CO/N=C(\C(=O)N[C@@H]1C(=O)N2C(C(=O)O)=C(/C=C/SC3=CC=C4N(C)C=CN4N3)CS[C@@H]12)c1nsc(N)n1. The predicted octanol–water partition coefficient (Wildman–Crippen LogP) is 0.376. The zero-order valence-corrected chi connectivity index (χ0v) is 22.3. The highest BCUT2D eigenvalue weighted by atomic mass is 32.2. The first-order valence-electron chi connectivity index (χ1n) is 10.9. The Hall–Kier alpha value is -3.96. The number of hydrogen-bond donors (Lipinski definition) is 4. The molecule has 5 rings (SSSR count). The monoisotopic (exact) mass is 575 g/mol. The number of nitrogens with two attached hydrogens (primary N) is 1. The molecular formula is C21H21N9O5S3. The Morgan fingerprint density at radius 3 is 2.92 bits per heavy atom. The third-order valence-corrected chi connectivity index (χ3v) is 8.26. The minimum atomic E-state index is -1.23. The van der Waals surface area contributed by atoms with Crippen LogP contribution in [0, 0.1) is 0 Å². The van der Waals surface area contributed by atoms with Crippen molar-refractivity contribution >= 4 is 63.7 Å². The van der Waals surface area contributed by atoms with Gasteiger partial charge in [-0.3, -0.25) is 19.9 Å². The van der Waals surface area contributed by atoms with Gasteiger partial charge in [0.2, 0.25) is 11.5 Å². The first kappa shape index (κ1) is 25.7. The van der Waals surface area contributed by atoms with Gasteiger partial charge in [0.25, 0.3) is 11.8 Å². The zero-order valence-electron chi connectivity index (χ0n) is 19.9. The molecule has 0 aliphatic carbocycles. The number of rotatable bonds is 8. The predicted molar refractivity (Wildman–Crippen MR) is 142 cm³/mol. The van der Waals surface area contributed by atoms with Gasteiger partial charge in [-0.25, -0.2) is 9.80 Å².